The van der Waals surface area contributed by atoms with Gasteiger partial charge in [0.2, 0.25) is 5.91 Å². The van der Waals surface area contributed by atoms with Gasteiger partial charge in [0.05, 0.1) is 33.8 Å². The lowest BCUT2D eigenvalue weighted by Gasteiger charge is -2.21. The molecule has 0 radical (unpaired) electrons. The Labute approximate surface area is 254 Å². The first-order valence-corrected chi connectivity index (χ1v) is 14.8. The molecule has 1 aromatic heterocycles. The summed E-state index contributed by atoms with van der Waals surface area (Å²) in [5.74, 6) is 0.487. The topological polar surface area (TPSA) is 114 Å². The largest absolute Gasteiger partial charge is 0.342 e. The average molecular weight is 602 g/mol. The molecule has 0 unspecified atom stereocenters. The molecule has 0 aliphatic rings. The van der Waals surface area contributed by atoms with Crippen molar-refractivity contribution in [1.29, 1.82) is 0 Å². The standard InChI is InChI=1S/C31H32ClN7O2S/c1-4-18-39-29(27(19-21(2)3)34-30(41)25-12-8-9-13-26(25)32)37-38-31(39)42-20-28(40)33-22-14-16-24(17-15-22)36-35-23-10-6-5-7-11-23/h4-17,21,27H,1,18-20H2,2-3H3,(H,33,40)(H,34,41)/t27-/m0/s1. The van der Waals surface area contributed by atoms with Crippen molar-refractivity contribution in [3.63, 3.8) is 0 Å². The Morgan fingerprint density at radius 2 is 1.64 bits per heavy atom. The van der Waals surface area contributed by atoms with Gasteiger partial charge in [-0.05, 0) is 60.9 Å². The maximum Gasteiger partial charge on any atom is 0.253 e. The van der Waals surface area contributed by atoms with Crippen molar-refractivity contribution in [2.75, 3.05) is 11.1 Å². The number of carbonyl (C=O) groups is 2. The number of benzene rings is 3. The molecule has 3 aromatic carbocycles. The number of thioether (sulfide) groups is 1. The molecule has 0 saturated carbocycles. The number of halogens is 1. The minimum Gasteiger partial charge on any atom is -0.342 e. The van der Waals surface area contributed by atoms with Crippen molar-refractivity contribution >= 4 is 52.2 Å². The van der Waals surface area contributed by atoms with Gasteiger partial charge in [-0.1, -0.05) is 73.6 Å². The van der Waals surface area contributed by atoms with Crippen LogP contribution >= 0.6 is 23.4 Å². The van der Waals surface area contributed by atoms with E-state index in [2.05, 4.69) is 51.5 Å². The van der Waals surface area contributed by atoms with Crippen LogP contribution in [0.2, 0.25) is 5.02 Å². The third-order valence-electron chi connectivity index (χ3n) is 6.02. The maximum atomic E-state index is 13.1. The van der Waals surface area contributed by atoms with E-state index >= 15 is 0 Å². The second-order valence-electron chi connectivity index (χ2n) is 9.79. The smallest absolute Gasteiger partial charge is 0.253 e. The van der Waals surface area contributed by atoms with Gasteiger partial charge in [-0.3, -0.25) is 9.59 Å². The fourth-order valence-corrected chi connectivity index (χ4v) is 5.07. The van der Waals surface area contributed by atoms with Gasteiger partial charge < -0.3 is 15.2 Å². The zero-order chi connectivity index (χ0) is 29.9. The van der Waals surface area contributed by atoms with Crippen molar-refractivity contribution < 1.29 is 9.59 Å². The zero-order valence-corrected chi connectivity index (χ0v) is 25.0. The third-order valence-corrected chi connectivity index (χ3v) is 7.32. The molecule has 2 amide bonds. The minimum atomic E-state index is -0.415. The highest BCUT2D eigenvalue weighted by atomic mass is 35.5. The molecule has 4 aromatic rings. The van der Waals surface area contributed by atoms with Crippen molar-refractivity contribution in [1.82, 2.24) is 20.1 Å². The van der Waals surface area contributed by atoms with E-state index in [1.165, 1.54) is 11.8 Å². The Morgan fingerprint density at radius 3 is 2.31 bits per heavy atom. The lowest BCUT2D eigenvalue weighted by Crippen LogP contribution is -2.32. The highest BCUT2D eigenvalue weighted by Gasteiger charge is 2.25. The van der Waals surface area contributed by atoms with Crippen LogP contribution in [-0.4, -0.2) is 32.3 Å². The number of azo groups is 1. The molecule has 11 heteroatoms. The number of hydrogen-bond acceptors (Lipinski definition) is 7. The number of anilines is 1. The second-order valence-corrected chi connectivity index (χ2v) is 11.1. The Bertz CT molecular complexity index is 1540. The summed E-state index contributed by atoms with van der Waals surface area (Å²) in [6, 6.07) is 23.1. The molecule has 0 spiro atoms. The van der Waals surface area contributed by atoms with E-state index < -0.39 is 6.04 Å². The fourth-order valence-electron chi connectivity index (χ4n) is 4.10. The highest BCUT2D eigenvalue weighted by Crippen LogP contribution is 2.27. The van der Waals surface area contributed by atoms with Crippen LogP contribution in [0, 0.1) is 5.92 Å². The molecule has 9 nitrogen and oxygen atoms in total. The number of carbonyl (C=O) groups excluding carboxylic acids is 2. The summed E-state index contributed by atoms with van der Waals surface area (Å²) in [6.07, 6.45) is 2.37. The molecule has 0 fully saturated rings. The van der Waals surface area contributed by atoms with E-state index in [1.54, 1.807) is 54.6 Å². The average Bonchev–Trinajstić information content (AvgIpc) is 3.38. The van der Waals surface area contributed by atoms with Crippen LogP contribution in [0.3, 0.4) is 0 Å². The first-order valence-electron chi connectivity index (χ1n) is 13.4. The summed E-state index contributed by atoms with van der Waals surface area (Å²) >= 11 is 7.52. The fraction of sp³-hybridized carbons (Fsp3) is 0.226. The number of allylic oxidation sites excluding steroid dienone is 1. The summed E-state index contributed by atoms with van der Waals surface area (Å²) in [7, 11) is 0. The Morgan fingerprint density at radius 1 is 0.976 bits per heavy atom. The zero-order valence-electron chi connectivity index (χ0n) is 23.4. The van der Waals surface area contributed by atoms with Gasteiger partial charge in [0.1, 0.15) is 0 Å². The van der Waals surface area contributed by atoms with Crippen LogP contribution in [-0.2, 0) is 11.3 Å². The van der Waals surface area contributed by atoms with Crippen molar-refractivity contribution in [2.24, 2.45) is 16.1 Å². The molecule has 0 saturated heterocycles. The van der Waals surface area contributed by atoms with Gasteiger partial charge in [-0.25, -0.2) is 0 Å². The van der Waals surface area contributed by atoms with Gasteiger partial charge in [0, 0.05) is 12.2 Å². The monoisotopic (exact) mass is 601 g/mol. The molecule has 42 heavy (non-hydrogen) atoms. The summed E-state index contributed by atoms with van der Waals surface area (Å²) in [5.41, 5.74) is 2.47. The van der Waals surface area contributed by atoms with Crippen LogP contribution in [0.25, 0.3) is 0 Å². The van der Waals surface area contributed by atoms with E-state index in [9.17, 15) is 9.59 Å². The molecule has 1 atom stereocenters. The Balaban J connectivity index is 1.41. The Hall–Kier alpha value is -4.28. The van der Waals surface area contributed by atoms with E-state index in [4.69, 9.17) is 11.6 Å². The summed E-state index contributed by atoms with van der Waals surface area (Å²) in [5, 5.41) is 24.1. The summed E-state index contributed by atoms with van der Waals surface area (Å²) < 4.78 is 1.87. The van der Waals surface area contributed by atoms with Crippen molar-refractivity contribution in [3.05, 3.63) is 108 Å². The lowest BCUT2D eigenvalue weighted by atomic mass is 10.0. The predicted molar refractivity (Wildman–Crippen MR) is 168 cm³/mol. The van der Waals surface area contributed by atoms with Crippen molar-refractivity contribution in [3.8, 4) is 0 Å². The molecule has 2 N–H and O–H groups in total. The van der Waals surface area contributed by atoms with Crippen molar-refractivity contribution in [2.45, 2.75) is 38.0 Å². The second kappa shape index (κ2) is 15.1. The van der Waals surface area contributed by atoms with E-state index in [0.29, 0.717) is 45.9 Å². The van der Waals surface area contributed by atoms with Crippen LogP contribution in [0.1, 0.15) is 42.5 Å². The van der Waals surface area contributed by atoms with Gasteiger partial charge in [-0.15, -0.1) is 16.8 Å². The van der Waals surface area contributed by atoms with Crippen LogP contribution in [0.15, 0.2) is 107 Å². The number of amides is 2. The number of nitrogens with one attached hydrogen (secondary N) is 2. The molecule has 216 valence electrons. The predicted octanol–water partition coefficient (Wildman–Crippen LogP) is 7.78. The van der Waals surface area contributed by atoms with Gasteiger partial charge in [-0.2, -0.15) is 10.2 Å². The van der Waals surface area contributed by atoms with E-state index in [0.717, 1.165) is 5.69 Å². The van der Waals surface area contributed by atoms with Gasteiger partial charge in [0.25, 0.3) is 5.91 Å². The highest BCUT2D eigenvalue weighted by molar-refractivity contribution is 7.99. The molecule has 0 aliphatic heterocycles. The number of nitrogens with zero attached hydrogens (tertiary/aromatic N) is 5. The normalized spacial score (nSPS) is 11.9. The molecular formula is C31H32ClN7O2S. The molecule has 0 bridgehead atoms. The van der Waals surface area contributed by atoms with Gasteiger partial charge >= 0.3 is 0 Å². The summed E-state index contributed by atoms with van der Waals surface area (Å²) in [6.45, 7) is 8.42. The van der Waals surface area contributed by atoms with Crippen LogP contribution in [0.4, 0.5) is 17.1 Å². The SMILES string of the molecule is C=CCn1c(SCC(=O)Nc2ccc(N=Nc3ccccc3)cc2)nnc1[C@H](CC(C)C)NC(=O)c1ccccc1Cl. The number of rotatable bonds is 13. The van der Waals surface area contributed by atoms with Crippen LogP contribution in [0.5, 0.6) is 0 Å². The molecule has 1 heterocycles. The first-order chi connectivity index (χ1) is 20.3. The maximum absolute atomic E-state index is 13.1. The van der Waals surface area contributed by atoms with E-state index in [-0.39, 0.29) is 23.5 Å². The minimum absolute atomic E-state index is 0.117. The molecule has 0 aliphatic carbocycles. The number of hydrogen-bond donors (Lipinski definition) is 2. The quantitative estimate of drug-likeness (QED) is 0.0922. The van der Waals surface area contributed by atoms with Gasteiger partial charge in [0.15, 0.2) is 11.0 Å². The lowest BCUT2D eigenvalue weighted by molar-refractivity contribution is -0.113. The molecule has 4 rings (SSSR count). The first kappa shape index (κ1) is 30.7. The summed E-state index contributed by atoms with van der Waals surface area (Å²) in [4.78, 5) is 25.8. The Kier molecular flexibility index (Phi) is 11.0. The third kappa shape index (κ3) is 8.61. The van der Waals surface area contributed by atoms with E-state index in [1.807, 2.05) is 34.9 Å². The number of aromatic nitrogens is 3. The molecular weight excluding hydrogens is 570 g/mol. The van der Waals surface area contributed by atoms with Crippen LogP contribution < -0.4 is 10.6 Å².